The van der Waals surface area contributed by atoms with Crippen molar-refractivity contribution in [3.63, 3.8) is 0 Å². The second-order valence-corrected chi connectivity index (χ2v) is 1.44. The van der Waals surface area contributed by atoms with Crippen molar-refractivity contribution in [3.05, 3.63) is 11.8 Å². The highest BCUT2D eigenvalue weighted by atomic mass is 16.5. The summed E-state index contributed by atoms with van der Waals surface area (Å²) in [5, 5.41) is 8.27. The van der Waals surface area contributed by atoms with Crippen LogP contribution in [0.25, 0.3) is 0 Å². The monoisotopic (exact) mass is 126 g/mol. The Labute approximate surface area is 54.7 Å². The van der Waals surface area contributed by atoms with Crippen molar-refractivity contribution < 1.29 is 4.74 Å². The fraction of sp³-hybridized carbons (Fsp3) is 0.500. The minimum Gasteiger partial charge on any atom is -0.404 e. The third-order valence-corrected chi connectivity index (χ3v) is 0.806. The van der Waals surface area contributed by atoms with E-state index in [4.69, 9.17) is 15.7 Å². The summed E-state index contributed by atoms with van der Waals surface area (Å²) >= 11 is 0. The first kappa shape index (κ1) is 7.99. The molecular weight excluding hydrogens is 116 g/mol. The van der Waals surface area contributed by atoms with Crippen LogP contribution < -0.4 is 5.73 Å². The minimum absolute atomic E-state index is 0.323. The number of nitrogens with zero attached hydrogens (tertiary/aromatic N) is 1. The normalized spacial score (nSPS) is 10.9. The summed E-state index contributed by atoms with van der Waals surface area (Å²) in [4.78, 5) is 0. The molecule has 0 heterocycles. The summed E-state index contributed by atoms with van der Waals surface area (Å²) in [6, 6.07) is 1.90. The largest absolute Gasteiger partial charge is 0.404 e. The van der Waals surface area contributed by atoms with Crippen LogP contribution in [0.4, 0.5) is 0 Å². The lowest BCUT2D eigenvalue weighted by atomic mass is 10.3. The zero-order valence-electron chi connectivity index (χ0n) is 5.42. The lowest BCUT2D eigenvalue weighted by Gasteiger charge is -1.95. The topological polar surface area (TPSA) is 59.0 Å². The van der Waals surface area contributed by atoms with Crippen LogP contribution in [0.5, 0.6) is 0 Å². The first-order valence-electron chi connectivity index (χ1n) is 2.73. The summed E-state index contributed by atoms with van der Waals surface area (Å²) in [6.07, 6.45) is 1.26. The molecule has 0 aliphatic rings. The predicted molar refractivity (Wildman–Crippen MR) is 34.4 cm³/mol. The maximum absolute atomic E-state index is 8.27. The quantitative estimate of drug-likeness (QED) is 0.556. The molecule has 0 fully saturated rings. The molecule has 0 aliphatic carbocycles. The van der Waals surface area contributed by atoms with Gasteiger partial charge < -0.3 is 10.5 Å². The van der Waals surface area contributed by atoms with E-state index in [0.717, 1.165) is 0 Å². The van der Waals surface area contributed by atoms with Crippen LogP contribution in [-0.2, 0) is 4.74 Å². The SMILES string of the molecule is CCOCC(C#N)=CN. The van der Waals surface area contributed by atoms with Gasteiger partial charge in [-0.15, -0.1) is 0 Å². The molecule has 0 atom stereocenters. The first-order valence-corrected chi connectivity index (χ1v) is 2.73. The van der Waals surface area contributed by atoms with E-state index in [1.807, 2.05) is 13.0 Å². The van der Waals surface area contributed by atoms with Gasteiger partial charge in [0.25, 0.3) is 0 Å². The molecule has 0 unspecified atom stereocenters. The number of hydrogen-bond donors (Lipinski definition) is 1. The fourth-order valence-corrected chi connectivity index (χ4v) is 0.330. The highest BCUT2D eigenvalue weighted by Crippen LogP contribution is 1.88. The van der Waals surface area contributed by atoms with Crippen molar-refractivity contribution >= 4 is 0 Å². The first-order chi connectivity index (χ1) is 4.35. The second kappa shape index (κ2) is 5.13. The minimum atomic E-state index is 0.323. The molecule has 0 aromatic rings. The molecule has 0 aromatic carbocycles. The van der Waals surface area contributed by atoms with Crippen molar-refractivity contribution in [1.29, 1.82) is 5.26 Å². The molecule has 0 amide bonds. The van der Waals surface area contributed by atoms with E-state index in [1.54, 1.807) is 0 Å². The molecule has 0 saturated carbocycles. The van der Waals surface area contributed by atoms with Crippen LogP contribution in [0, 0.1) is 11.3 Å². The number of nitriles is 1. The van der Waals surface area contributed by atoms with E-state index in [-0.39, 0.29) is 0 Å². The van der Waals surface area contributed by atoms with Gasteiger partial charge in [0.15, 0.2) is 0 Å². The van der Waals surface area contributed by atoms with Gasteiger partial charge in [-0.25, -0.2) is 0 Å². The average molecular weight is 126 g/mol. The third-order valence-electron chi connectivity index (χ3n) is 0.806. The number of rotatable bonds is 3. The van der Waals surface area contributed by atoms with Gasteiger partial charge in [-0.1, -0.05) is 0 Å². The fourth-order valence-electron chi connectivity index (χ4n) is 0.330. The van der Waals surface area contributed by atoms with Gasteiger partial charge in [0.2, 0.25) is 0 Å². The lowest BCUT2D eigenvalue weighted by Crippen LogP contribution is -1.97. The molecule has 0 aromatic heterocycles. The molecule has 0 rings (SSSR count). The van der Waals surface area contributed by atoms with Crippen LogP contribution in [0.3, 0.4) is 0 Å². The van der Waals surface area contributed by atoms with Crippen molar-refractivity contribution in [2.24, 2.45) is 5.73 Å². The average Bonchev–Trinajstić information content (AvgIpc) is 1.91. The predicted octanol–water partition coefficient (Wildman–Crippen LogP) is 0.389. The number of nitrogens with two attached hydrogens (primary N) is 1. The highest BCUT2D eigenvalue weighted by Gasteiger charge is 1.90. The maximum atomic E-state index is 8.27. The third kappa shape index (κ3) is 3.56. The van der Waals surface area contributed by atoms with E-state index in [9.17, 15) is 0 Å². The molecule has 0 aliphatic heterocycles. The Morgan fingerprint density at radius 1 is 1.89 bits per heavy atom. The van der Waals surface area contributed by atoms with Gasteiger partial charge in [-0.3, -0.25) is 0 Å². The zero-order valence-corrected chi connectivity index (χ0v) is 5.42. The molecule has 0 spiro atoms. The molecule has 0 bridgehead atoms. The van der Waals surface area contributed by atoms with E-state index in [1.165, 1.54) is 6.20 Å². The second-order valence-electron chi connectivity index (χ2n) is 1.44. The van der Waals surface area contributed by atoms with E-state index in [2.05, 4.69) is 0 Å². The van der Waals surface area contributed by atoms with Crippen molar-refractivity contribution in [2.75, 3.05) is 13.2 Å². The smallest absolute Gasteiger partial charge is 0.0986 e. The molecule has 9 heavy (non-hydrogen) atoms. The Hall–Kier alpha value is -1.01. The van der Waals surface area contributed by atoms with Gasteiger partial charge in [-0.05, 0) is 6.92 Å². The van der Waals surface area contributed by atoms with Gasteiger partial charge in [0.05, 0.1) is 18.2 Å². The van der Waals surface area contributed by atoms with Crippen molar-refractivity contribution in [1.82, 2.24) is 0 Å². The Morgan fingerprint density at radius 2 is 2.56 bits per heavy atom. The molecule has 50 valence electrons. The summed E-state index contributed by atoms with van der Waals surface area (Å²) in [5.41, 5.74) is 5.53. The number of ether oxygens (including phenoxy) is 1. The highest BCUT2D eigenvalue weighted by molar-refractivity contribution is 5.19. The van der Waals surface area contributed by atoms with Crippen molar-refractivity contribution in [3.8, 4) is 6.07 Å². The Kier molecular flexibility index (Phi) is 4.56. The molecule has 0 radical (unpaired) electrons. The maximum Gasteiger partial charge on any atom is 0.0986 e. The Morgan fingerprint density at radius 3 is 2.89 bits per heavy atom. The van der Waals surface area contributed by atoms with Gasteiger partial charge >= 0.3 is 0 Å². The van der Waals surface area contributed by atoms with Crippen LogP contribution in [0.1, 0.15) is 6.92 Å². The van der Waals surface area contributed by atoms with E-state index in [0.29, 0.717) is 18.8 Å². The molecule has 2 N–H and O–H groups in total. The summed E-state index contributed by atoms with van der Waals surface area (Å²) in [5.74, 6) is 0. The molecule has 3 nitrogen and oxygen atoms in total. The number of hydrogen-bond acceptors (Lipinski definition) is 3. The summed E-state index contributed by atoms with van der Waals surface area (Å²) in [7, 11) is 0. The van der Waals surface area contributed by atoms with Crippen LogP contribution >= 0.6 is 0 Å². The summed E-state index contributed by atoms with van der Waals surface area (Å²) < 4.78 is 4.91. The van der Waals surface area contributed by atoms with Crippen molar-refractivity contribution in [2.45, 2.75) is 6.92 Å². The molecular formula is C6H10N2O. The van der Waals surface area contributed by atoms with Crippen LogP contribution in [0.2, 0.25) is 0 Å². The lowest BCUT2D eigenvalue weighted by molar-refractivity contribution is 0.173. The standard InChI is InChI=1S/C6H10N2O/c1-2-9-5-6(3-7)4-8/h3H,2,5,7H2,1H3. The van der Waals surface area contributed by atoms with Gasteiger partial charge in [0, 0.05) is 12.8 Å². The Balaban J connectivity index is 3.49. The summed E-state index contributed by atoms with van der Waals surface area (Å²) in [6.45, 7) is 2.80. The zero-order chi connectivity index (χ0) is 7.11. The Bertz CT molecular complexity index is 134. The van der Waals surface area contributed by atoms with E-state index >= 15 is 0 Å². The molecule has 3 heteroatoms. The van der Waals surface area contributed by atoms with Crippen LogP contribution in [-0.4, -0.2) is 13.2 Å². The van der Waals surface area contributed by atoms with Gasteiger partial charge in [-0.2, -0.15) is 5.26 Å². The van der Waals surface area contributed by atoms with Crippen LogP contribution in [0.15, 0.2) is 11.8 Å². The molecule has 0 saturated heterocycles. The van der Waals surface area contributed by atoms with Gasteiger partial charge in [0.1, 0.15) is 0 Å². The van der Waals surface area contributed by atoms with E-state index < -0.39 is 0 Å².